The van der Waals surface area contributed by atoms with E-state index in [1.165, 1.54) is 12.1 Å². The Balaban J connectivity index is 1.40. The molecule has 1 unspecified atom stereocenters. The van der Waals surface area contributed by atoms with Gasteiger partial charge in [-0.05, 0) is 48.0 Å². The summed E-state index contributed by atoms with van der Waals surface area (Å²) in [5, 5.41) is 11.1. The van der Waals surface area contributed by atoms with Crippen molar-refractivity contribution < 1.29 is 22.8 Å². The quantitative estimate of drug-likeness (QED) is 0.394. The summed E-state index contributed by atoms with van der Waals surface area (Å²) < 4.78 is 38.7. The van der Waals surface area contributed by atoms with E-state index in [-0.39, 0.29) is 18.9 Å². The molecule has 0 spiro atoms. The van der Waals surface area contributed by atoms with E-state index in [2.05, 4.69) is 15.5 Å². The van der Waals surface area contributed by atoms with Gasteiger partial charge in [-0.15, -0.1) is 0 Å². The van der Waals surface area contributed by atoms with Crippen molar-refractivity contribution in [2.75, 3.05) is 4.90 Å². The molecular formula is C24H19F3N4O2. The van der Waals surface area contributed by atoms with Crippen molar-refractivity contribution in [3.63, 3.8) is 0 Å². The molecule has 3 aromatic rings. The van der Waals surface area contributed by atoms with Crippen molar-refractivity contribution in [3.8, 4) is 0 Å². The van der Waals surface area contributed by atoms with Crippen LogP contribution < -0.4 is 10.2 Å². The monoisotopic (exact) mass is 452 g/mol. The van der Waals surface area contributed by atoms with Crippen molar-refractivity contribution in [1.82, 2.24) is 5.32 Å². The molecule has 9 heteroatoms. The third-order valence-electron chi connectivity index (χ3n) is 5.10. The minimum absolute atomic E-state index is 0.0280. The van der Waals surface area contributed by atoms with Crippen molar-refractivity contribution in [2.45, 2.75) is 25.2 Å². The number of carbonyl (C=O) groups excluding carboxylic acids is 2. The first kappa shape index (κ1) is 22.3. The molecule has 6 nitrogen and oxygen atoms in total. The molecule has 1 heterocycles. The zero-order valence-electron chi connectivity index (χ0n) is 17.3. The first-order valence-electron chi connectivity index (χ1n) is 10.1. The maximum atomic E-state index is 12.9. The highest BCUT2D eigenvalue weighted by Gasteiger charge is 2.39. The Bertz CT molecular complexity index is 1180. The third kappa shape index (κ3) is 5.32. The second kappa shape index (κ2) is 9.33. The van der Waals surface area contributed by atoms with Crippen LogP contribution in [-0.2, 0) is 22.3 Å². The van der Waals surface area contributed by atoms with Gasteiger partial charge in [0.15, 0.2) is 0 Å². The van der Waals surface area contributed by atoms with Gasteiger partial charge in [-0.3, -0.25) is 9.59 Å². The Labute approximate surface area is 187 Å². The largest absolute Gasteiger partial charge is 0.416 e. The van der Waals surface area contributed by atoms with Gasteiger partial charge in [0, 0.05) is 6.54 Å². The summed E-state index contributed by atoms with van der Waals surface area (Å²) in [6, 6.07) is 19.7. The van der Waals surface area contributed by atoms with E-state index in [0.29, 0.717) is 22.6 Å². The molecule has 1 N–H and O–H groups in total. The summed E-state index contributed by atoms with van der Waals surface area (Å²) in [7, 11) is 0. The molecule has 3 aromatic carbocycles. The van der Waals surface area contributed by atoms with Gasteiger partial charge in [0.1, 0.15) is 0 Å². The summed E-state index contributed by atoms with van der Waals surface area (Å²) in [6.07, 6.45) is -4.52. The molecule has 33 heavy (non-hydrogen) atoms. The topological polar surface area (TPSA) is 74.1 Å². The Kier molecular flexibility index (Phi) is 6.32. The Hall–Kier alpha value is -3.85. The summed E-state index contributed by atoms with van der Waals surface area (Å²) in [4.78, 5) is 26.3. The van der Waals surface area contributed by atoms with Crippen LogP contribution in [-0.4, -0.2) is 17.9 Å². The van der Waals surface area contributed by atoms with E-state index in [1.807, 2.05) is 30.3 Å². The van der Waals surface area contributed by atoms with Gasteiger partial charge in [-0.25, -0.2) is 4.90 Å². The van der Waals surface area contributed by atoms with E-state index in [1.54, 1.807) is 24.3 Å². The normalized spacial score (nSPS) is 16.7. The minimum atomic E-state index is -4.45. The SMILES string of the molecule is O=C1CC(NCc2cccc(C(F)(F)F)c2)C(=O)N1c1ccc(N=Nc2ccccc2)cc1. The Morgan fingerprint density at radius 3 is 2.21 bits per heavy atom. The average molecular weight is 452 g/mol. The van der Waals surface area contributed by atoms with Gasteiger partial charge in [-0.1, -0.05) is 36.4 Å². The van der Waals surface area contributed by atoms with Crippen LogP contribution in [0.1, 0.15) is 17.5 Å². The lowest BCUT2D eigenvalue weighted by molar-refractivity contribution is -0.137. The molecule has 1 fully saturated rings. The van der Waals surface area contributed by atoms with Crippen LogP contribution in [0.2, 0.25) is 0 Å². The fraction of sp³-hybridized carbons (Fsp3) is 0.167. The number of nitrogens with zero attached hydrogens (tertiary/aromatic N) is 3. The highest BCUT2D eigenvalue weighted by atomic mass is 19.4. The van der Waals surface area contributed by atoms with Gasteiger partial charge in [-0.2, -0.15) is 23.4 Å². The van der Waals surface area contributed by atoms with Crippen molar-refractivity contribution in [3.05, 3.63) is 90.0 Å². The molecular weight excluding hydrogens is 433 g/mol. The van der Waals surface area contributed by atoms with Crippen LogP contribution in [0.25, 0.3) is 0 Å². The highest BCUT2D eigenvalue weighted by molar-refractivity contribution is 6.22. The number of anilines is 1. The lowest BCUT2D eigenvalue weighted by atomic mass is 10.1. The first-order chi connectivity index (χ1) is 15.8. The highest BCUT2D eigenvalue weighted by Crippen LogP contribution is 2.30. The summed E-state index contributed by atoms with van der Waals surface area (Å²) in [6.45, 7) is 0.0280. The minimum Gasteiger partial charge on any atom is -0.301 e. The van der Waals surface area contributed by atoms with Crippen LogP contribution in [0.4, 0.5) is 30.2 Å². The standard InChI is InChI=1S/C24H19F3N4O2/c25-24(26,27)17-6-4-5-16(13-17)15-28-21-14-22(32)31(23(21)33)20-11-9-19(10-12-20)30-29-18-7-2-1-3-8-18/h1-13,21,28H,14-15H2. The maximum absolute atomic E-state index is 12.9. The van der Waals surface area contributed by atoms with E-state index in [9.17, 15) is 22.8 Å². The Morgan fingerprint density at radius 2 is 1.55 bits per heavy atom. The summed E-state index contributed by atoms with van der Waals surface area (Å²) >= 11 is 0. The predicted molar refractivity (Wildman–Crippen MR) is 116 cm³/mol. The van der Waals surface area contributed by atoms with Gasteiger partial charge in [0.2, 0.25) is 5.91 Å². The van der Waals surface area contributed by atoms with Crippen molar-refractivity contribution in [1.29, 1.82) is 0 Å². The number of rotatable bonds is 6. The number of alkyl halides is 3. The molecule has 1 saturated heterocycles. The van der Waals surface area contributed by atoms with E-state index in [4.69, 9.17) is 0 Å². The fourth-order valence-electron chi connectivity index (χ4n) is 3.44. The van der Waals surface area contributed by atoms with Crippen LogP contribution in [0.5, 0.6) is 0 Å². The van der Waals surface area contributed by atoms with Gasteiger partial charge >= 0.3 is 6.18 Å². The third-order valence-corrected chi connectivity index (χ3v) is 5.10. The Morgan fingerprint density at radius 1 is 0.879 bits per heavy atom. The average Bonchev–Trinajstić information content (AvgIpc) is 3.10. The summed E-state index contributed by atoms with van der Waals surface area (Å²) in [5.74, 6) is -0.842. The maximum Gasteiger partial charge on any atom is 0.416 e. The fourth-order valence-corrected chi connectivity index (χ4v) is 3.44. The lowest BCUT2D eigenvalue weighted by Crippen LogP contribution is -2.38. The van der Waals surface area contributed by atoms with Crippen LogP contribution >= 0.6 is 0 Å². The van der Waals surface area contributed by atoms with Crippen LogP contribution in [0, 0.1) is 0 Å². The smallest absolute Gasteiger partial charge is 0.301 e. The van der Waals surface area contributed by atoms with Crippen LogP contribution in [0.15, 0.2) is 89.1 Å². The number of benzene rings is 3. The molecule has 0 saturated carbocycles. The van der Waals surface area contributed by atoms with Crippen molar-refractivity contribution >= 4 is 28.9 Å². The lowest BCUT2D eigenvalue weighted by Gasteiger charge is -2.16. The number of amides is 2. The first-order valence-corrected chi connectivity index (χ1v) is 10.1. The molecule has 168 valence electrons. The molecule has 0 aliphatic carbocycles. The van der Waals surface area contributed by atoms with Gasteiger partial charge in [0.25, 0.3) is 5.91 Å². The van der Waals surface area contributed by atoms with Crippen LogP contribution in [0.3, 0.4) is 0 Å². The number of hydrogen-bond donors (Lipinski definition) is 1. The number of nitrogens with one attached hydrogen (secondary N) is 1. The number of carbonyl (C=O) groups is 2. The zero-order valence-corrected chi connectivity index (χ0v) is 17.3. The molecule has 4 rings (SSSR count). The zero-order chi connectivity index (χ0) is 23.4. The number of imide groups is 1. The number of azo groups is 1. The second-order valence-electron chi connectivity index (χ2n) is 7.46. The molecule has 1 aliphatic heterocycles. The number of hydrogen-bond acceptors (Lipinski definition) is 5. The molecule has 0 radical (unpaired) electrons. The van der Waals surface area contributed by atoms with Gasteiger partial charge < -0.3 is 5.32 Å². The summed E-state index contributed by atoms with van der Waals surface area (Å²) in [5.41, 5.74) is 1.26. The molecule has 1 atom stereocenters. The molecule has 0 bridgehead atoms. The molecule has 2 amide bonds. The van der Waals surface area contributed by atoms with Crippen molar-refractivity contribution in [2.24, 2.45) is 10.2 Å². The second-order valence-corrected chi connectivity index (χ2v) is 7.46. The number of halogens is 3. The molecule has 0 aromatic heterocycles. The van der Waals surface area contributed by atoms with Gasteiger partial charge in [0.05, 0.1) is 35.1 Å². The predicted octanol–water partition coefficient (Wildman–Crippen LogP) is 5.54. The van der Waals surface area contributed by atoms with E-state index in [0.717, 1.165) is 17.0 Å². The van der Waals surface area contributed by atoms with E-state index < -0.39 is 23.7 Å². The van der Waals surface area contributed by atoms with E-state index >= 15 is 0 Å². The molecule has 1 aliphatic rings.